The monoisotopic (exact) mass is 407 g/mol. The molecule has 1 aliphatic carbocycles. The van der Waals surface area contributed by atoms with E-state index < -0.39 is 0 Å². The maximum atomic E-state index is 13.2. The number of rotatable bonds is 5. The summed E-state index contributed by atoms with van der Waals surface area (Å²) in [5.41, 5.74) is 2.59. The van der Waals surface area contributed by atoms with Crippen molar-refractivity contribution in [2.75, 3.05) is 5.32 Å². The highest BCUT2D eigenvalue weighted by Gasteiger charge is 2.25. The summed E-state index contributed by atoms with van der Waals surface area (Å²) in [5.74, 6) is -0.0979. The Bertz CT molecular complexity index is 1090. The minimum absolute atomic E-state index is 0.00357. The van der Waals surface area contributed by atoms with E-state index >= 15 is 0 Å². The lowest BCUT2D eigenvalue weighted by Crippen LogP contribution is -2.29. The number of hydrogen-bond acceptors (Lipinski definition) is 4. The van der Waals surface area contributed by atoms with Gasteiger partial charge in [-0.15, -0.1) is 0 Å². The zero-order valence-corrected chi connectivity index (χ0v) is 17.5. The van der Waals surface area contributed by atoms with Crippen LogP contribution in [0, 0.1) is 6.92 Å². The van der Waals surface area contributed by atoms with E-state index in [0.717, 1.165) is 36.9 Å². The van der Waals surface area contributed by atoms with Gasteiger partial charge in [-0.3, -0.25) is 14.2 Å². The molecule has 0 bridgehead atoms. The molecule has 5 nitrogen and oxygen atoms in total. The molecule has 1 fully saturated rings. The number of nitrogens with one attached hydrogen (secondary N) is 1. The van der Waals surface area contributed by atoms with Crippen LogP contribution in [0.15, 0.2) is 58.5 Å². The van der Waals surface area contributed by atoms with E-state index in [0.29, 0.717) is 16.1 Å². The van der Waals surface area contributed by atoms with Gasteiger partial charge in [-0.25, -0.2) is 4.98 Å². The number of fused-ring (bicyclic) bond motifs is 1. The molecule has 0 spiro atoms. The van der Waals surface area contributed by atoms with Crippen molar-refractivity contribution in [3.63, 3.8) is 0 Å². The van der Waals surface area contributed by atoms with E-state index in [1.807, 2.05) is 66.9 Å². The van der Waals surface area contributed by atoms with E-state index in [1.165, 1.54) is 11.8 Å². The van der Waals surface area contributed by atoms with Gasteiger partial charge in [0.25, 0.3) is 5.56 Å². The first-order chi connectivity index (χ1) is 14.0. The second-order valence-electron chi connectivity index (χ2n) is 7.64. The van der Waals surface area contributed by atoms with Gasteiger partial charge in [0.2, 0.25) is 5.91 Å². The lowest BCUT2D eigenvalue weighted by atomic mass is 10.2. The van der Waals surface area contributed by atoms with Crippen LogP contribution in [0.2, 0.25) is 0 Å². The number of para-hydroxylation sites is 1. The van der Waals surface area contributed by atoms with Gasteiger partial charge in [-0.1, -0.05) is 54.4 Å². The summed E-state index contributed by atoms with van der Waals surface area (Å²) in [6.07, 6.45) is 4.21. The number of aryl methyl sites for hydroxylation is 1. The normalized spacial score (nSPS) is 15.5. The zero-order chi connectivity index (χ0) is 20.4. The van der Waals surface area contributed by atoms with Crippen LogP contribution in [0.4, 0.5) is 5.69 Å². The Morgan fingerprint density at radius 1 is 1.14 bits per heavy atom. The number of anilines is 1. The summed E-state index contributed by atoms with van der Waals surface area (Å²) in [6, 6.07) is 15.3. The number of thioether (sulfide) groups is 1. The molecule has 1 N–H and O–H groups in total. The fourth-order valence-corrected chi connectivity index (χ4v) is 4.76. The maximum Gasteiger partial charge on any atom is 0.262 e. The van der Waals surface area contributed by atoms with Crippen molar-refractivity contribution in [2.45, 2.75) is 56.0 Å². The van der Waals surface area contributed by atoms with Gasteiger partial charge in [0, 0.05) is 11.7 Å². The van der Waals surface area contributed by atoms with Crippen LogP contribution in [0.25, 0.3) is 10.9 Å². The Morgan fingerprint density at radius 3 is 2.55 bits per heavy atom. The third-order valence-electron chi connectivity index (χ3n) is 5.44. The SMILES string of the molecule is Cc1ccc(NC(=O)C(C)Sc2nc3ccccc3c(=O)n2C2CCCC2)cc1. The predicted molar refractivity (Wildman–Crippen MR) is 119 cm³/mol. The molecule has 0 saturated heterocycles. The first-order valence-corrected chi connectivity index (χ1v) is 11.0. The predicted octanol–water partition coefficient (Wildman–Crippen LogP) is 4.94. The molecule has 0 radical (unpaired) electrons. The van der Waals surface area contributed by atoms with E-state index in [9.17, 15) is 9.59 Å². The molecular formula is C23H25N3O2S. The molecule has 3 aromatic rings. The number of carbonyl (C=O) groups is 1. The van der Waals surface area contributed by atoms with Gasteiger partial charge in [-0.2, -0.15) is 0 Å². The second kappa shape index (κ2) is 8.41. The van der Waals surface area contributed by atoms with Gasteiger partial charge in [0.1, 0.15) is 0 Å². The van der Waals surface area contributed by atoms with Crippen LogP contribution in [0.5, 0.6) is 0 Å². The molecular weight excluding hydrogens is 382 g/mol. The molecule has 1 atom stereocenters. The molecule has 1 unspecified atom stereocenters. The standard InChI is InChI=1S/C23H25N3O2S/c1-15-11-13-17(14-12-15)24-21(27)16(2)29-23-25-20-10-6-5-9-19(20)22(28)26(23)18-7-3-4-8-18/h5-6,9-14,16,18H,3-4,7-8H2,1-2H3,(H,24,27). The number of nitrogens with zero attached hydrogens (tertiary/aromatic N) is 2. The Balaban J connectivity index is 1.63. The molecule has 2 aromatic carbocycles. The van der Waals surface area contributed by atoms with Crippen molar-refractivity contribution in [2.24, 2.45) is 0 Å². The van der Waals surface area contributed by atoms with Crippen molar-refractivity contribution < 1.29 is 4.79 Å². The van der Waals surface area contributed by atoms with Crippen molar-refractivity contribution in [1.82, 2.24) is 9.55 Å². The smallest absolute Gasteiger partial charge is 0.262 e. The maximum absolute atomic E-state index is 13.2. The number of hydrogen-bond donors (Lipinski definition) is 1. The average Bonchev–Trinajstić information content (AvgIpc) is 3.24. The molecule has 6 heteroatoms. The number of carbonyl (C=O) groups excluding carboxylic acids is 1. The third kappa shape index (κ3) is 4.22. The highest BCUT2D eigenvalue weighted by atomic mass is 32.2. The largest absolute Gasteiger partial charge is 0.325 e. The Hall–Kier alpha value is -2.60. The molecule has 4 rings (SSSR count). The molecule has 1 heterocycles. The van der Waals surface area contributed by atoms with Crippen molar-refractivity contribution in [3.8, 4) is 0 Å². The van der Waals surface area contributed by atoms with Crippen LogP contribution in [-0.4, -0.2) is 20.7 Å². The van der Waals surface area contributed by atoms with Crippen LogP contribution >= 0.6 is 11.8 Å². The first-order valence-electron chi connectivity index (χ1n) is 10.1. The molecule has 1 saturated carbocycles. The molecule has 0 aliphatic heterocycles. The van der Waals surface area contributed by atoms with Crippen LogP contribution in [0.1, 0.15) is 44.2 Å². The van der Waals surface area contributed by atoms with Gasteiger partial charge in [-0.05, 0) is 51.0 Å². The molecule has 1 amide bonds. The summed E-state index contributed by atoms with van der Waals surface area (Å²) < 4.78 is 1.83. The Kier molecular flexibility index (Phi) is 5.72. The highest BCUT2D eigenvalue weighted by molar-refractivity contribution is 8.00. The van der Waals surface area contributed by atoms with Crippen molar-refractivity contribution in [1.29, 1.82) is 0 Å². The molecule has 1 aliphatic rings. The summed E-state index contributed by atoms with van der Waals surface area (Å²) in [7, 11) is 0. The van der Waals surface area contributed by atoms with Crippen molar-refractivity contribution >= 4 is 34.3 Å². The van der Waals surface area contributed by atoms with Crippen molar-refractivity contribution in [3.05, 3.63) is 64.4 Å². The Labute approximate surface area is 174 Å². The summed E-state index contributed by atoms with van der Waals surface area (Å²) in [6.45, 7) is 3.87. The van der Waals surface area contributed by atoms with Crippen LogP contribution in [-0.2, 0) is 4.79 Å². The fraction of sp³-hybridized carbons (Fsp3) is 0.348. The number of benzene rings is 2. The molecule has 150 valence electrons. The van der Waals surface area contributed by atoms with E-state index in [4.69, 9.17) is 4.98 Å². The van der Waals surface area contributed by atoms with Gasteiger partial charge >= 0.3 is 0 Å². The molecule has 29 heavy (non-hydrogen) atoms. The molecule has 1 aromatic heterocycles. The fourth-order valence-electron chi connectivity index (χ4n) is 3.79. The van der Waals surface area contributed by atoms with Gasteiger partial charge in [0.15, 0.2) is 5.16 Å². The Morgan fingerprint density at radius 2 is 1.83 bits per heavy atom. The topological polar surface area (TPSA) is 64.0 Å². The minimum atomic E-state index is -0.378. The summed E-state index contributed by atoms with van der Waals surface area (Å²) in [5, 5.41) is 3.85. The summed E-state index contributed by atoms with van der Waals surface area (Å²) >= 11 is 1.36. The summed E-state index contributed by atoms with van der Waals surface area (Å²) in [4.78, 5) is 30.7. The second-order valence-corrected chi connectivity index (χ2v) is 8.95. The van der Waals surface area contributed by atoms with Gasteiger partial charge < -0.3 is 5.32 Å². The van der Waals surface area contributed by atoms with E-state index in [2.05, 4.69) is 5.32 Å². The third-order valence-corrected chi connectivity index (χ3v) is 6.50. The lowest BCUT2D eigenvalue weighted by molar-refractivity contribution is -0.115. The van der Waals surface area contributed by atoms with Crippen LogP contribution < -0.4 is 10.9 Å². The van der Waals surface area contributed by atoms with Gasteiger partial charge in [0.05, 0.1) is 16.2 Å². The number of amides is 1. The lowest BCUT2D eigenvalue weighted by Gasteiger charge is -2.20. The number of aromatic nitrogens is 2. The van der Waals surface area contributed by atoms with Crippen LogP contribution in [0.3, 0.4) is 0 Å². The first kappa shape index (κ1) is 19.7. The average molecular weight is 408 g/mol. The van der Waals surface area contributed by atoms with E-state index in [-0.39, 0.29) is 22.8 Å². The highest BCUT2D eigenvalue weighted by Crippen LogP contribution is 2.33. The quantitative estimate of drug-likeness (QED) is 0.481. The zero-order valence-electron chi connectivity index (χ0n) is 16.7. The minimum Gasteiger partial charge on any atom is -0.325 e. The van der Waals surface area contributed by atoms with E-state index in [1.54, 1.807) is 0 Å².